The maximum absolute atomic E-state index is 12.3. The number of halogens is 1. The first-order chi connectivity index (χ1) is 10.5. The molecular formula is C11H20ClN3O7. The van der Waals surface area contributed by atoms with Crippen molar-refractivity contribution in [3.05, 3.63) is 4.91 Å². The van der Waals surface area contributed by atoms with E-state index in [0.29, 0.717) is 5.01 Å². The Hall–Kier alpha value is -1.04. The summed E-state index contributed by atoms with van der Waals surface area (Å²) in [4.78, 5) is 24.1. The maximum atomic E-state index is 12.3. The van der Waals surface area contributed by atoms with Gasteiger partial charge in [0.1, 0.15) is 18.3 Å². The summed E-state index contributed by atoms with van der Waals surface area (Å²) in [6.07, 6.45) is -5.55. The van der Waals surface area contributed by atoms with Crippen molar-refractivity contribution in [1.82, 2.24) is 9.91 Å². The summed E-state index contributed by atoms with van der Waals surface area (Å²) in [5, 5.41) is 32.3. The highest BCUT2D eigenvalue weighted by molar-refractivity contribution is 6.18. The number of aliphatic hydroxyl groups is 3. The van der Waals surface area contributed by atoms with Crippen LogP contribution in [0.5, 0.6) is 0 Å². The van der Waals surface area contributed by atoms with Gasteiger partial charge in [0.15, 0.2) is 6.23 Å². The standard InChI is InChI=1S/C11H20ClN3O7/c1-21-5-4-14(11(19)15(13-20)3-2-12)10-9(18)8(17)7(16)6-22-10/h7-10,16-18H,2-6H2,1H3/t7-,8-,9+,10-/m1/s1. The molecule has 0 aliphatic carbocycles. The van der Waals surface area contributed by atoms with Gasteiger partial charge in [-0.05, 0) is 0 Å². The average Bonchev–Trinajstić information content (AvgIpc) is 2.52. The van der Waals surface area contributed by atoms with Crippen LogP contribution in [0.15, 0.2) is 5.29 Å². The number of ether oxygens (including phenoxy) is 2. The Morgan fingerprint density at radius 3 is 2.59 bits per heavy atom. The lowest BCUT2D eigenvalue weighted by atomic mass is 10.0. The van der Waals surface area contributed by atoms with Crippen LogP contribution in [0.2, 0.25) is 0 Å². The number of urea groups is 1. The molecule has 0 bridgehead atoms. The normalized spacial score (nSPS) is 28.2. The van der Waals surface area contributed by atoms with Crippen molar-refractivity contribution in [3.63, 3.8) is 0 Å². The van der Waals surface area contributed by atoms with Crippen LogP contribution in [0.4, 0.5) is 4.79 Å². The first-order valence-corrected chi connectivity index (χ1v) is 7.13. The van der Waals surface area contributed by atoms with Gasteiger partial charge in [-0.25, -0.2) is 4.79 Å². The van der Waals surface area contributed by atoms with E-state index in [1.807, 2.05) is 0 Å². The number of hydrogen-bond donors (Lipinski definition) is 3. The molecule has 11 heteroatoms. The summed E-state index contributed by atoms with van der Waals surface area (Å²) in [5.41, 5.74) is 0. The second-order valence-electron chi connectivity index (χ2n) is 4.63. The summed E-state index contributed by atoms with van der Waals surface area (Å²) in [6, 6.07) is -0.847. The zero-order chi connectivity index (χ0) is 16.7. The lowest BCUT2D eigenvalue weighted by molar-refractivity contribution is -0.221. The van der Waals surface area contributed by atoms with Gasteiger partial charge in [0.2, 0.25) is 0 Å². The molecule has 0 aromatic heterocycles. The molecule has 1 aliphatic rings. The third-order valence-electron chi connectivity index (χ3n) is 3.18. The van der Waals surface area contributed by atoms with Gasteiger partial charge < -0.3 is 24.8 Å². The number of alkyl halides is 1. The number of nitrogens with zero attached hydrogens (tertiary/aromatic N) is 3. The predicted molar refractivity (Wildman–Crippen MR) is 75.0 cm³/mol. The van der Waals surface area contributed by atoms with E-state index in [0.717, 1.165) is 4.90 Å². The minimum atomic E-state index is -1.55. The first kappa shape index (κ1) is 19.0. The van der Waals surface area contributed by atoms with E-state index >= 15 is 0 Å². The van der Waals surface area contributed by atoms with Crippen LogP contribution in [0, 0.1) is 4.91 Å². The van der Waals surface area contributed by atoms with E-state index in [1.54, 1.807) is 0 Å². The molecule has 1 heterocycles. The highest BCUT2D eigenvalue weighted by Crippen LogP contribution is 2.20. The van der Waals surface area contributed by atoms with Crippen molar-refractivity contribution in [2.45, 2.75) is 24.5 Å². The molecule has 1 aliphatic heterocycles. The molecule has 3 N–H and O–H groups in total. The monoisotopic (exact) mass is 341 g/mol. The van der Waals surface area contributed by atoms with Crippen molar-refractivity contribution in [1.29, 1.82) is 0 Å². The Morgan fingerprint density at radius 2 is 2.05 bits per heavy atom. The minimum absolute atomic E-state index is 0.00891. The summed E-state index contributed by atoms with van der Waals surface area (Å²) < 4.78 is 10.1. The number of carbonyl (C=O) groups excluding carboxylic acids is 1. The summed E-state index contributed by atoms with van der Waals surface area (Å²) in [6.45, 7) is -0.316. The third kappa shape index (κ3) is 4.48. The van der Waals surface area contributed by atoms with Gasteiger partial charge in [0, 0.05) is 19.5 Å². The topological polar surface area (TPSA) is 132 Å². The quantitative estimate of drug-likeness (QED) is 0.298. The number of hydrogen-bond acceptors (Lipinski definition) is 8. The van der Waals surface area contributed by atoms with E-state index in [9.17, 15) is 25.0 Å². The van der Waals surface area contributed by atoms with Crippen molar-refractivity contribution in [2.75, 3.05) is 39.3 Å². The average molecular weight is 342 g/mol. The second kappa shape index (κ2) is 9.18. The fraction of sp³-hybridized carbons (Fsp3) is 0.909. The number of rotatable bonds is 7. The molecule has 1 fully saturated rings. The van der Waals surface area contributed by atoms with Crippen molar-refractivity contribution in [3.8, 4) is 0 Å². The van der Waals surface area contributed by atoms with Crippen LogP contribution >= 0.6 is 11.6 Å². The smallest absolute Gasteiger partial charge is 0.345 e. The van der Waals surface area contributed by atoms with E-state index in [2.05, 4.69) is 5.29 Å². The van der Waals surface area contributed by atoms with Gasteiger partial charge in [-0.1, -0.05) is 0 Å². The van der Waals surface area contributed by atoms with E-state index in [-0.39, 0.29) is 32.2 Å². The summed E-state index contributed by atoms with van der Waals surface area (Å²) >= 11 is 5.50. The van der Waals surface area contributed by atoms with Crippen LogP contribution in [-0.4, -0.2) is 95.1 Å². The number of carbonyl (C=O) groups is 1. The van der Waals surface area contributed by atoms with E-state index < -0.39 is 30.6 Å². The molecule has 10 nitrogen and oxygen atoms in total. The first-order valence-electron chi connectivity index (χ1n) is 6.60. The number of amides is 2. The fourth-order valence-corrected chi connectivity index (χ4v) is 2.15. The van der Waals surface area contributed by atoms with Crippen LogP contribution < -0.4 is 0 Å². The van der Waals surface area contributed by atoms with Crippen molar-refractivity contribution < 1.29 is 29.6 Å². The molecule has 0 saturated carbocycles. The summed E-state index contributed by atoms with van der Waals surface area (Å²) in [7, 11) is 1.41. The molecule has 0 aromatic rings. The zero-order valence-electron chi connectivity index (χ0n) is 12.0. The van der Waals surface area contributed by atoms with Crippen LogP contribution in [-0.2, 0) is 9.47 Å². The molecular weight excluding hydrogens is 322 g/mol. The molecule has 2 amide bonds. The van der Waals surface area contributed by atoms with Crippen LogP contribution in [0.3, 0.4) is 0 Å². The largest absolute Gasteiger partial charge is 0.388 e. The molecule has 128 valence electrons. The molecule has 4 atom stereocenters. The van der Waals surface area contributed by atoms with Crippen LogP contribution in [0.1, 0.15) is 0 Å². The van der Waals surface area contributed by atoms with E-state index in [4.69, 9.17) is 21.1 Å². The van der Waals surface area contributed by atoms with Gasteiger partial charge in [0.25, 0.3) is 0 Å². The Balaban J connectivity index is 2.91. The molecule has 0 aromatic carbocycles. The number of aliphatic hydroxyl groups excluding tert-OH is 3. The van der Waals surface area contributed by atoms with Crippen LogP contribution in [0.25, 0.3) is 0 Å². The van der Waals surface area contributed by atoms with Gasteiger partial charge in [-0.15, -0.1) is 16.5 Å². The lowest BCUT2D eigenvalue weighted by Gasteiger charge is -2.41. The molecule has 0 spiro atoms. The second-order valence-corrected chi connectivity index (χ2v) is 5.01. The van der Waals surface area contributed by atoms with Gasteiger partial charge >= 0.3 is 6.03 Å². The predicted octanol–water partition coefficient (Wildman–Crippen LogP) is -1.28. The van der Waals surface area contributed by atoms with Crippen molar-refractivity contribution in [2.24, 2.45) is 5.29 Å². The Kier molecular flexibility index (Phi) is 7.93. The maximum Gasteiger partial charge on any atom is 0.345 e. The van der Waals surface area contributed by atoms with E-state index in [1.165, 1.54) is 7.11 Å². The SMILES string of the molecule is COCCN(C(=O)N(CCCl)N=O)[C@@H]1OC[C@@H](O)[C@@H](O)[C@@H]1O. The summed E-state index contributed by atoms with van der Waals surface area (Å²) in [5.74, 6) is -0.00891. The molecule has 1 saturated heterocycles. The van der Waals surface area contributed by atoms with Gasteiger partial charge in [-0.2, -0.15) is 5.01 Å². The lowest BCUT2D eigenvalue weighted by Crippen LogP contribution is -2.62. The number of nitroso groups, excluding NO2 is 1. The number of methoxy groups -OCH3 is 1. The Labute approximate surface area is 132 Å². The molecule has 1 rings (SSSR count). The minimum Gasteiger partial charge on any atom is -0.388 e. The molecule has 0 unspecified atom stereocenters. The Bertz CT molecular complexity index is 376. The Morgan fingerprint density at radius 1 is 1.36 bits per heavy atom. The highest BCUT2D eigenvalue weighted by atomic mass is 35.5. The van der Waals surface area contributed by atoms with Gasteiger partial charge in [-0.3, -0.25) is 4.90 Å². The molecule has 22 heavy (non-hydrogen) atoms. The third-order valence-corrected chi connectivity index (χ3v) is 3.35. The van der Waals surface area contributed by atoms with Crippen molar-refractivity contribution >= 4 is 17.6 Å². The highest BCUT2D eigenvalue weighted by Gasteiger charge is 2.43. The molecule has 0 radical (unpaired) electrons. The zero-order valence-corrected chi connectivity index (χ0v) is 12.8. The fourth-order valence-electron chi connectivity index (χ4n) is 1.99. The van der Waals surface area contributed by atoms with Gasteiger partial charge in [0.05, 0.1) is 25.0 Å².